The number of aromatic nitrogens is 12. The maximum absolute atomic E-state index is 10.6. The number of hydrogen-bond acceptors (Lipinski definition) is 22. The van der Waals surface area contributed by atoms with Crippen LogP contribution in [0.2, 0.25) is 0 Å². The van der Waals surface area contributed by atoms with Crippen molar-refractivity contribution in [2.75, 3.05) is 26.4 Å². The predicted molar refractivity (Wildman–Crippen MR) is 560 cm³/mol. The van der Waals surface area contributed by atoms with E-state index in [1.165, 1.54) is 72.1 Å². The largest absolute Gasteiger partial charge is 0.507 e. The minimum absolute atomic E-state index is 0.0100. The van der Waals surface area contributed by atoms with Crippen LogP contribution in [0.1, 0.15) is 89.9 Å². The second-order valence-electron chi connectivity index (χ2n) is 36.5. The first-order valence-corrected chi connectivity index (χ1v) is 48.8. The zero-order valence-electron chi connectivity index (χ0n) is 77.8. The lowest BCUT2D eigenvalue weighted by Gasteiger charge is -2.22. The summed E-state index contributed by atoms with van der Waals surface area (Å²) in [4.78, 5) is 56.8. The Morgan fingerprint density at radius 1 is 0.190 bits per heavy atom. The highest BCUT2D eigenvalue weighted by Crippen LogP contribution is 2.45. The number of nitrogens with zero attached hydrogens (tertiary/aromatic N) is 12. The molecule has 22 nitrogen and oxygen atoms in total. The monoisotopic (exact) mass is 1870 g/mol. The number of phenols is 4. The fourth-order valence-electron chi connectivity index (χ4n) is 20.1. The number of phenolic OH excluding ortho intramolecular Hbond substituents is 4. The van der Waals surface area contributed by atoms with E-state index >= 15 is 0 Å². The van der Waals surface area contributed by atoms with Gasteiger partial charge in [-0.2, -0.15) is 39.9 Å². The van der Waals surface area contributed by atoms with Gasteiger partial charge in [0.15, 0.2) is 46.6 Å². The standard InChI is InChI=1S/C32H25N3O3.C31H25N3O2.C29H25N3O2.C28H23N3O3/c36-29-12-6-5-11-26(29)30-33-31(35-32(34-30)38-21-15-17-37-18-16-21)28-19-27-22-8-2-1-7-20(22)13-14-25(27)23-9-3-4-10-24(23)28;35-26-12-5-4-11-25(26)30-32-29(33-31(34-30)36-22-9-2-1-3-10-22)24-18-16-21-14-13-19-7-6-8-20-15-17-23(24)28(21)27(19)20;33-26-17-9-8-16-24(26)27-30-28(32-29(31-27)34-20-11-2-1-3-12-20)25-18-19-10-4-5-13-21(19)22-14-6-7-15-23(22)25;32-25-8-4-3-7-24(25)27-29-26(30-28(31-27)34-23-11-13-33-14-12-23)21-10-9-20-15-18-5-1-2-6-19(18)16-22(20)17-21/h1-14,19,21,36H,15-18H2;4-8,11-18,22,35H,1-3,9-10H2;4-10,13-18,20,33H,1-3,11-12H2;1-10,15-17,23,32H,11-14H2. The van der Waals surface area contributed by atoms with Crippen molar-refractivity contribution < 1.29 is 48.8 Å². The molecular formula is C120H98N12O10. The van der Waals surface area contributed by atoms with E-state index in [-0.39, 0.29) is 59.4 Å². The average molecular weight is 1870 g/mol. The van der Waals surface area contributed by atoms with E-state index in [1.807, 2.05) is 72.8 Å². The molecule has 4 N–H and O–H groups in total. The molecule has 0 spiro atoms. The molecule has 18 aromatic carbocycles. The Hall–Kier alpha value is -16.8. The topological polar surface area (TPSA) is 291 Å². The van der Waals surface area contributed by atoms with Gasteiger partial charge in [-0.3, -0.25) is 0 Å². The maximum Gasteiger partial charge on any atom is 0.320 e. The smallest absolute Gasteiger partial charge is 0.320 e. The lowest BCUT2D eigenvalue weighted by atomic mass is 9.92. The summed E-state index contributed by atoms with van der Waals surface area (Å²) in [5, 5.41) is 65.3. The summed E-state index contributed by atoms with van der Waals surface area (Å²) in [6.45, 7) is 2.62. The van der Waals surface area contributed by atoms with Crippen molar-refractivity contribution in [3.05, 3.63) is 328 Å². The highest BCUT2D eigenvalue weighted by Gasteiger charge is 2.29. The quantitative estimate of drug-likeness (QED) is 0.0516. The van der Waals surface area contributed by atoms with Gasteiger partial charge in [-0.1, -0.05) is 255 Å². The van der Waals surface area contributed by atoms with Gasteiger partial charge in [0.05, 0.1) is 48.7 Å². The van der Waals surface area contributed by atoms with Crippen molar-refractivity contribution in [2.24, 2.45) is 0 Å². The molecule has 0 amide bonds. The van der Waals surface area contributed by atoms with Gasteiger partial charge in [0.1, 0.15) is 47.4 Å². The van der Waals surface area contributed by atoms with Gasteiger partial charge in [0, 0.05) is 47.9 Å². The first kappa shape index (κ1) is 89.1. The first-order chi connectivity index (χ1) is 70.0. The Morgan fingerprint density at radius 2 is 0.500 bits per heavy atom. The van der Waals surface area contributed by atoms with Gasteiger partial charge < -0.3 is 48.8 Å². The van der Waals surface area contributed by atoms with E-state index in [0.717, 1.165) is 148 Å². The highest BCUT2D eigenvalue weighted by molar-refractivity contribution is 6.26. The Morgan fingerprint density at radius 3 is 0.979 bits per heavy atom. The SMILES string of the molecule is Oc1ccccc1-c1nc(OC2CCCCC2)nc(-c2cc3ccccc3c3ccccc23)n1.Oc1ccccc1-c1nc(OC2CCCCC2)nc(-c2ccc3ccc4cccc5ccc2c3c45)n1.Oc1ccccc1-c1nc(OC2CCOCC2)nc(-c2cc3c4ccccc4ccc3c3ccccc23)n1.Oc1ccccc1-c1nc(OC2CCOCC2)nc(-c2ccc3cc4ccccc4cc3c2)n1. The average Bonchev–Trinajstić information content (AvgIpc) is 0.745. The molecule has 26 rings (SSSR count). The Bertz CT molecular complexity index is 8470. The third-order valence-corrected chi connectivity index (χ3v) is 27.3. The number of para-hydroxylation sites is 4. The maximum atomic E-state index is 10.6. The molecule has 0 radical (unpaired) electrons. The van der Waals surface area contributed by atoms with Crippen LogP contribution in [0.4, 0.5) is 0 Å². The molecule has 4 aromatic heterocycles. The van der Waals surface area contributed by atoms with E-state index in [2.05, 4.69) is 219 Å². The van der Waals surface area contributed by atoms with Crippen LogP contribution in [-0.4, -0.2) is 131 Å². The summed E-state index contributed by atoms with van der Waals surface area (Å²) in [5.74, 6) is 4.16. The molecule has 6 heterocycles. The number of benzene rings is 18. The van der Waals surface area contributed by atoms with Crippen molar-refractivity contribution in [1.82, 2.24) is 59.8 Å². The number of aromatic hydroxyl groups is 4. The molecule has 2 saturated carbocycles. The summed E-state index contributed by atoms with van der Waals surface area (Å²) in [6, 6.07) is 110. The van der Waals surface area contributed by atoms with Crippen molar-refractivity contribution in [3.63, 3.8) is 0 Å². The molecule has 4 aliphatic rings. The van der Waals surface area contributed by atoms with Crippen LogP contribution in [0.3, 0.4) is 0 Å². The fraction of sp³-hybridized carbons (Fsp3) is 0.183. The summed E-state index contributed by atoms with van der Waals surface area (Å²) in [5.41, 5.74) is 5.78. The normalized spacial score (nSPS) is 14.5. The highest BCUT2D eigenvalue weighted by atomic mass is 16.5. The number of fused-ring (bicyclic) bond motifs is 10. The van der Waals surface area contributed by atoms with E-state index in [9.17, 15) is 20.4 Å². The van der Waals surface area contributed by atoms with Gasteiger partial charge in [-0.05, 0) is 244 Å². The van der Waals surface area contributed by atoms with Gasteiger partial charge in [-0.15, -0.1) is 0 Å². The van der Waals surface area contributed by atoms with Crippen LogP contribution in [0.25, 0.3) is 199 Å². The lowest BCUT2D eigenvalue weighted by Crippen LogP contribution is -2.26. The second-order valence-corrected chi connectivity index (χ2v) is 36.5. The van der Waals surface area contributed by atoms with Gasteiger partial charge in [0.2, 0.25) is 0 Å². The zero-order chi connectivity index (χ0) is 95.4. The van der Waals surface area contributed by atoms with E-state index < -0.39 is 0 Å². The summed E-state index contributed by atoms with van der Waals surface area (Å²) in [6.07, 6.45) is 14.4. The minimum atomic E-state index is -0.0338. The van der Waals surface area contributed by atoms with Crippen molar-refractivity contribution in [1.29, 1.82) is 0 Å². The molecular weight excluding hydrogens is 1770 g/mol. The number of ether oxygens (including phenoxy) is 6. The molecule has 2 saturated heterocycles. The minimum Gasteiger partial charge on any atom is -0.507 e. The molecule has 0 unspecified atom stereocenters. The van der Waals surface area contributed by atoms with Gasteiger partial charge >= 0.3 is 24.0 Å². The molecule has 0 bridgehead atoms. The fourth-order valence-corrected chi connectivity index (χ4v) is 20.1. The molecule has 0 atom stereocenters. The van der Waals surface area contributed by atoms with Crippen LogP contribution in [0.15, 0.2) is 328 Å². The third kappa shape index (κ3) is 18.7. The molecule has 22 aromatic rings. The van der Waals surface area contributed by atoms with Gasteiger partial charge in [0.25, 0.3) is 0 Å². The summed E-state index contributed by atoms with van der Waals surface area (Å²) >= 11 is 0. The Labute approximate surface area is 817 Å². The summed E-state index contributed by atoms with van der Waals surface area (Å²) in [7, 11) is 0. The van der Waals surface area contributed by atoms with E-state index in [1.54, 1.807) is 60.7 Å². The molecule has 2 aliphatic carbocycles. The Balaban J connectivity index is 0.000000105. The molecule has 142 heavy (non-hydrogen) atoms. The van der Waals surface area contributed by atoms with Crippen LogP contribution in [0, 0.1) is 0 Å². The van der Waals surface area contributed by atoms with Crippen molar-refractivity contribution in [3.8, 4) is 138 Å². The van der Waals surface area contributed by atoms with E-state index in [4.69, 9.17) is 63.3 Å². The Kier molecular flexibility index (Phi) is 25.1. The molecule has 4 fully saturated rings. The number of rotatable bonds is 16. The molecule has 2 aliphatic heterocycles. The van der Waals surface area contributed by atoms with Crippen LogP contribution >= 0.6 is 0 Å². The van der Waals surface area contributed by atoms with E-state index in [0.29, 0.717) is 107 Å². The third-order valence-electron chi connectivity index (χ3n) is 27.3. The van der Waals surface area contributed by atoms with Crippen LogP contribution < -0.4 is 18.9 Å². The van der Waals surface area contributed by atoms with Crippen molar-refractivity contribution in [2.45, 2.75) is 114 Å². The first-order valence-electron chi connectivity index (χ1n) is 48.8. The van der Waals surface area contributed by atoms with Crippen molar-refractivity contribution >= 4 is 108 Å². The second kappa shape index (κ2) is 39.9. The number of hydrogen-bond donors (Lipinski definition) is 4. The van der Waals surface area contributed by atoms with Crippen LogP contribution in [0.5, 0.6) is 47.0 Å². The summed E-state index contributed by atoms with van der Waals surface area (Å²) < 4.78 is 35.9. The molecule has 22 heteroatoms. The lowest BCUT2D eigenvalue weighted by molar-refractivity contribution is 0.0214. The van der Waals surface area contributed by atoms with Gasteiger partial charge in [-0.25, -0.2) is 19.9 Å². The van der Waals surface area contributed by atoms with Crippen LogP contribution in [-0.2, 0) is 9.47 Å². The predicted octanol–water partition coefficient (Wildman–Crippen LogP) is 27.2. The molecule has 698 valence electrons. The zero-order valence-corrected chi connectivity index (χ0v) is 77.8.